The zero-order valence-corrected chi connectivity index (χ0v) is 12.7. The number of amides is 1. The van der Waals surface area contributed by atoms with Crippen molar-refractivity contribution in [2.75, 3.05) is 25.5 Å². The molecule has 0 aliphatic rings. The number of hydrogen-bond acceptors (Lipinski definition) is 2. The summed E-state index contributed by atoms with van der Waals surface area (Å²) in [6.45, 7) is 2.56. The molecule has 0 bridgehead atoms. The van der Waals surface area contributed by atoms with Crippen LogP contribution in [0.15, 0.2) is 24.3 Å². The summed E-state index contributed by atoms with van der Waals surface area (Å²) >= 11 is 11.8. The molecular weight excluding hydrogens is 285 g/mol. The van der Waals surface area contributed by atoms with E-state index in [2.05, 4.69) is 0 Å². The first-order valence-corrected chi connectivity index (χ1v) is 7.15. The maximum atomic E-state index is 12.1. The molecule has 0 aliphatic heterocycles. The summed E-state index contributed by atoms with van der Waals surface area (Å²) in [5, 5.41) is 0. The van der Waals surface area contributed by atoms with Crippen molar-refractivity contribution in [3.8, 4) is 0 Å². The second-order valence-electron chi connectivity index (χ2n) is 4.40. The lowest BCUT2D eigenvalue weighted by molar-refractivity contribution is -0.137. The minimum Gasteiger partial charge on any atom is -0.375 e. The average molecular weight is 304 g/mol. The van der Waals surface area contributed by atoms with Crippen LogP contribution in [0.5, 0.6) is 0 Å². The van der Waals surface area contributed by atoms with Gasteiger partial charge in [0, 0.05) is 25.4 Å². The summed E-state index contributed by atoms with van der Waals surface area (Å²) in [5.74, 6) is 0.518. The summed E-state index contributed by atoms with van der Waals surface area (Å²) in [6, 6.07) is 7.85. The molecule has 5 heteroatoms. The van der Waals surface area contributed by atoms with Crippen molar-refractivity contribution in [3.05, 3.63) is 35.4 Å². The number of nitrogens with zero attached hydrogens (tertiary/aromatic N) is 1. The topological polar surface area (TPSA) is 29.5 Å². The molecule has 0 N–H and O–H groups in total. The predicted molar refractivity (Wildman–Crippen MR) is 78.8 cm³/mol. The number of halogens is 2. The SMILES string of the molecule is COCC(=O)N(Cc1ccc(C)cc1)C(CCl)CCl. The zero-order chi connectivity index (χ0) is 14.3. The van der Waals surface area contributed by atoms with Crippen molar-refractivity contribution in [1.29, 1.82) is 0 Å². The van der Waals surface area contributed by atoms with E-state index in [1.807, 2.05) is 31.2 Å². The van der Waals surface area contributed by atoms with Crippen molar-refractivity contribution in [2.45, 2.75) is 19.5 Å². The Bertz CT molecular complexity index is 391. The number of carbonyl (C=O) groups excluding carboxylic acids is 1. The van der Waals surface area contributed by atoms with Crippen molar-refractivity contribution < 1.29 is 9.53 Å². The minimum absolute atomic E-state index is 0.0378. The number of benzene rings is 1. The summed E-state index contributed by atoms with van der Waals surface area (Å²) in [6.07, 6.45) is 0. The predicted octanol–water partition coefficient (Wildman–Crippen LogP) is 2.82. The number of alkyl halides is 2. The fraction of sp³-hybridized carbons (Fsp3) is 0.500. The molecule has 0 atom stereocenters. The third kappa shape index (κ3) is 5.01. The molecule has 0 radical (unpaired) electrons. The van der Waals surface area contributed by atoms with E-state index in [0.717, 1.165) is 5.56 Å². The maximum absolute atomic E-state index is 12.1. The number of hydrogen-bond donors (Lipinski definition) is 0. The second kappa shape index (κ2) is 8.41. The van der Waals surface area contributed by atoms with Crippen LogP contribution in [0.25, 0.3) is 0 Å². The zero-order valence-electron chi connectivity index (χ0n) is 11.2. The van der Waals surface area contributed by atoms with Crippen LogP contribution >= 0.6 is 23.2 Å². The molecule has 19 heavy (non-hydrogen) atoms. The Labute approximate surface area is 124 Å². The van der Waals surface area contributed by atoms with Gasteiger partial charge in [0.1, 0.15) is 6.61 Å². The Hall–Kier alpha value is -0.770. The van der Waals surface area contributed by atoms with Crippen molar-refractivity contribution in [3.63, 3.8) is 0 Å². The van der Waals surface area contributed by atoms with Crippen LogP contribution in [-0.2, 0) is 16.1 Å². The van der Waals surface area contributed by atoms with Crippen LogP contribution in [-0.4, -0.2) is 42.3 Å². The number of carbonyl (C=O) groups is 1. The molecule has 0 saturated heterocycles. The van der Waals surface area contributed by atoms with Gasteiger partial charge < -0.3 is 9.64 Å². The van der Waals surface area contributed by atoms with Gasteiger partial charge in [0.05, 0.1) is 6.04 Å². The Morgan fingerprint density at radius 1 is 1.26 bits per heavy atom. The van der Waals surface area contributed by atoms with E-state index in [9.17, 15) is 4.79 Å². The number of ether oxygens (including phenoxy) is 1. The molecule has 1 aromatic carbocycles. The molecule has 0 spiro atoms. The molecule has 0 fully saturated rings. The first kappa shape index (κ1) is 16.3. The van der Waals surface area contributed by atoms with Gasteiger partial charge in [0.15, 0.2) is 0 Å². The largest absolute Gasteiger partial charge is 0.375 e. The van der Waals surface area contributed by atoms with Crippen LogP contribution in [0.3, 0.4) is 0 Å². The molecule has 0 unspecified atom stereocenters. The van der Waals surface area contributed by atoms with Gasteiger partial charge in [-0.15, -0.1) is 23.2 Å². The molecule has 0 saturated carbocycles. The third-order valence-electron chi connectivity index (χ3n) is 2.86. The van der Waals surface area contributed by atoms with Crippen LogP contribution < -0.4 is 0 Å². The Kier molecular flexibility index (Phi) is 7.21. The fourth-order valence-electron chi connectivity index (χ4n) is 1.73. The van der Waals surface area contributed by atoms with Crippen LogP contribution in [0.4, 0.5) is 0 Å². The van der Waals surface area contributed by atoms with Crippen LogP contribution in [0.2, 0.25) is 0 Å². The Balaban J connectivity index is 2.83. The fourth-order valence-corrected chi connectivity index (χ4v) is 2.39. The highest BCUT2D eigenvalue weighted by atomic mass is 35.5. The van der Waals surface area contributed by atoms with Gasteiger partial charge in [-0.25, -0.2) is 0 Å². The third-order valence-corrected chi connectivity index (χ3v) is 3.57. The average Bonchev–Trinajstić information content (AvgIpc) is 2.41. The minimum atomic E-state index is -0.188. The van der Waals surface area contributed by atoms with Gasteiger partial charge in [-0.05, 0) is 12.5 Å². The van der Waals surface area contributed by atoms with E-state index < -0.39 is 0 Å². The van der Waals surface area contributed by atoms with E-state index in [-0.39, 0.29) is 18.6 Å². The first-order valence-electron chi connectivity index (χ1n) is 6.08. The summed E-state index contributed by atoms with van der Waals surface area (Å²) in [5.41, 5.74) is 2.24. The smallest absolute Gasteiger partial charge is 0.249 e. The van der Waals surface area contributed by atoms with E-state index in [4.69, 9.17) is 27.9 Å². The molecule has 0 aromatic heterocycles. The second-order valence-corrected chi connectivity index (χ2v) is 5.02. The number of rotatable bonds is 7. The molecule has 1 aromatic rings. The van der Waals surface area contributed by atoms with E-state index in [0.29, 0.717) is 18.3 Å². The highest BCUT2D eigenvalue weighted by molar-refractivity contribution is 6.21. The monoisotopic (exact) mass is 303 g/mol. The number of aryl methyl sites for hydroxylation is 1. The van der Waals surface area contributed by atoms with Crippen molar-refractivity contribution in [1.82, 2.24) is 4.90 Å². The normalized spacial score (nSPS) is 10.8. The lowest BCUT2D eigenvalue weighted by Crippen LogP contribution is -2.43. The molecule has 1 amide bonds. The van der Waals surface area contributed by atoms with Gasteiger partial charge >= 0.3 is 0 Å². The van der Waals surface area contributed by atoms with Gasteiger partial charge in [-0.3, -0.25) is 4.79 Å². The Morgan fingerprint density at radius 3 is 2.32 bits per heavy atom. The van der Waals surface area contributed by atoms with Gasteiger partial charge in [-0.1, -0.05) is 29.8 Å². The molecule has 3 nitrogen and oxygen atoms in total. The van der Waals surface area contributed by atoms with E-state index >= 15 is 0 Å². The molecule has 0 heterocycles. The highest BCUT2D eigenvalue weighted by Gasteiger charge is 2.22. The standard InChI is InChI=1S/C14H19Cl2NO2/c1-11-3-5-12(6-4-11)9-17(13(7-15)8-16)14(18)10-19-2/h3-6,13H,7-10H2,1-2H3. The van der Waals surface area contributed by atoms with Gasteiger partial charge in [0.2, 0.25) is 5.91 Å². The lowest BCUT2D eigenvalue weighted by atomic mass is 10.1. The summed E-state index contributed by atoms with van der Waals surface area (Å²) < 4.78 is 4.90. The Morgan fingerprint density at radius 2 is 1.84 bits per heavy atom. The summed E-state index contributed by atoms with van der Waals surface area (Å²) in [4.78, 5) is 13.7. The quantitative estimate of drug-likeness (QED) is 0.725. The summed E-state index contributed by atoms with van der Waals surface area (Å²) in [7, 11) is 1.50. The lowest BCUT2D eigenvalue weighted by Gasteiger charge is -2.29. The molecule has 0 aliphatic carbocycles. The maximum Gasteiger partial charge on any atom is 0.249 e. The van der Waals surface area contributed by atoms with E-state index in [1.165, 1.54) is 12.7 Å². The van der Waals surface area contributed by atoms with Crippen molar-refractivity contribution >= 4 is 29.1 Å². The van der Waals surface area contributed by atoms with Crippen molar-refractivity contribution in [2.24, 2.45) is 0 Å². The highest BCUT2D eigenvalue weighted by Crippen LogP contribution is 2.13. The first-order chi connectivity index (χ1) is 9.12. The van der Waals surface area contributed by atoms with E-state index in [1.54, 1.807) is 4.90 Å². The number of methoxy groups -OCH3 is 1. The molecular formula is C14H19Cl2NO2. The van der Waals surface area contributed by atoms with Crippen LogP contribution in [0, 0.1) is 6.92 Å². The molecule has 1 rings (SSSR count). The van der Waals surface area contributed by atoms with Crippen LogP contribution in [0.1, 0.15) is 11.1 Å². The van der Waals surface area contributed by atoms with Gasteiger partial charge in [-0.2, -0.15) is 0 Å². The van der Waals surface area contributed by atoms with Gasteiger partial charge in [0.25, 0.3) is 0 Å². The molecule has 106 valence electrons.